The van der Waals surface area contributed by atoms with E-state index in [1.807, 2.05) is 18.2 Å². The Kier molecular flexibility index (Phi) is 2.06. The van der Waals surface area contributed by atoms with Gasteiger partial charge in [0, 0.05) is 5.69 Å². The van der Waals surface area contributed by atoms with Crippen LogP contribution in [0.1, 0.15) is 0 Å². The van der Waals surface area contributed by atoms with Gasteiger partial charge >= 0.3 is 6.08 Å². The summed E-state index contributed by atoms with van der Waals surface area (Å²) in [5, 5.41) is 7.45. The zero-order valence-electron chi connectivity index (χ0n) is 7.60. The van der Waals surface area contributed by atoms with Crippen LogP contribution in [0.15, 0.2) is 28.7 Å². The van der Waals surface area contributed by atoms with Crippen molar-refractivity contribution in [2.45, 2.75) is 0 Å². The number of anilines is 1. The Morgan fingerprint density at radius 3 is 2.71 bits per heavy atom. The second-order valence-corrected chi connectivity index (χ2v) is 2.66. The van der Waals surface area contributed by atoms with Gasteiger partial charge in [-0.2, -0.15) is 0 Å². The molecular formula is C9H9N3O2. The van der Waals surface area contributed by atoms with E-state index in [-0.39, 0.29) is 6.08 Å². The van der Waals surface area contributed by atoms with E-state index in [2.05, 4.69) is 10.2 Å². The van der Waals surface area contributed by atoms with Gasteiger partial charge in [0.15, 0.2) is 0 Å². The number of rotatable bonds is 2. The Bertz CT molecular complexity index is 439. The topological polar surface area (TPSA) is 74.2 Å². The van der Waals surface area contributed by atoms with Gasteiger partial charge in [-0.25, -0.2) is 0 Å². The third-order valence-electron chi connectivity index (χ3n) is 1.77. The van der Waals surface area contributed by atoms with E-state index >= 15 is 0 Å². The minimum Gasteiger partial charge on any atom is -0.452 e. The van der Waals surface area contributed by atoms with Gasteiger partial charge in [-0.3, -0.25) is 0 Å². The van der Waals surface area contributed by atoms with Gasteiger partial charge in [0.1, 0.15) is 0 Å². The van der Waals surface area contributed by atoms with E-state index in [4.69, 9.17) is 14.9 Å². The molecule has 0 aliphatic carbocycles. The zero-order valence-corrected chi connectivity index (χ0v) is 7.60. The molecule has 2 rings (SSSR count). The molecule has 0 spiro atoms. The van der Waals surface area contributed by atoms with Crippen molar-refractivity contribution in [3.63, 3.8) is 0 Å². The van der Waals surface area contributed by atoms with Gasteiger partial charge in [-0.1, -0.05) is 17.2 Å². The monoisotopic (exact) mass is 191 g/mol. The molecule has 0 amide bonds. The average Bonchev–Trinajstić information content (AvgIpc) is 2.67. The number of aromatic nitrogens is 2. The van der Waals surface area contributed by atoms with E-state index in [9.17, 15) is 0 Å². The van der Waals surface area contributed by atoms with Crippen molar-refractivity contribution in [2.24, 2.45) is 0 Å². The summed E-state index contributed by atoms with van der Waals surface area (Å²) in [6, 6.07) is 7.27. The van der Waals surface area contributed by atoms with Crippen molar-refractivity contribution in [1.29, 1.82) is 0 Å². The van der Waals surface area contributed by atoms with Gasteiger partial charge in [0.05, 0.1) is 12.7 Å². The SMILES string of the molecule is COc1nnc(-c2ccccc2N)o1. The number of nitrogens with two attached hydrogens (primary N) is 1. The highest BCUT2D eigenvalue weighted by molar-refractivity contribution is 5.69. The van der Waals surface area contributed by atoms with Crippen molar-refractivity contribution in [3.8, 4) is 17.5 Å². The minimum atomic E-state index is 0.128. The van der Waals surface area contributed by atoms with Crippen LogP contribution in [-0.4, -0.2) is 17.3 Å². The molecule has 0 aliphatic rings. The molecule has 2 aromatic rings. The molecule has 0 fully saturated rings. The first-order valence-corrected chi connectivity index (χ1v) is 4.03. The molecule has 72 valence electrons. The Balaban J connectivity index is 2.44. The summed E-state index contributed by atoms with van der Waals surface area (Å²) in [6.45, 7) is 0. The largest absolute Gasteiger partial charge is 0.452 e. The highest BCUT2D eigenvalue weighted by Crippen LogP contribution is 2.25. The number of hydrogen-bond acceptors (Lipinski definition) is 5. The van der Waals surface area contributed by atoms with Gasteiger partial charge in [-0.15, -0.1) is 5.10 Å². The van der Waals surface area contributed by atoms with Crippen LogP contribution in [0.4, 0.5) is 5.69 Å². The van der Waals surface area contributed by atoms with Gasteiger partial charge in [0.25, 0.3) is 5.89 Å². The number of hydrogen-bond donors (Lipinski definition) is 1. The van der Waals surface area contributed by atoms with Gasteiger partial charge < -0.3 is 14.9 Å². The average molecular weight is 191 g/mol. The van der Waals surface area contributed by atoms with Crippen LogP contribution in [0.25, 0.3) is 11.5 Å². The number of benzene rings is 1. The molecule has 0 unspecified atom stereocenters. The lowest BCUT2D eigenvalue weighted by molar-refractivity contribution is 0.293. The lowest BCUT2D eigenvalue weighted by atomic mass is 10.2. The zero-order chi connectivity index (χ0) is 9.97. The van der Waals surface area contributed by atoms with E-state index in [0.717, 1.165) is 0 Å². The van der Waals surface area contributed by atoms with Crippen molar-refractivity contribution < 1.29 is 9.15 Å². The summed E-state index contributed by atoms with van der Waals surface area (Å²) in [7, 11) is 1.46. The van der Waals surface area contributed by atoms with E-state index < -0.39 is 0 Å². The van der Waals surface area contributed by atoms with Crippen LogP contribution in [0.2, 0.25) is 0 Å². The van der Waals surface area contributed by atoms with Crippen LogP contribution in [-0.2, 0) is 0 Å². The number of para-hydroxylation sites is 1. The third-order valence-corrected chi connectivity index (χ3v) is 1.77. The molecule has 1 aromatic heterocycles. The van der Waals surface area contributed by atoms with Crippen molar-refractivity contribution in [2.75, 3.05) is 12.8 Å². The third kappa shape index (κ3) is 1.39. The summed E-state index contributed by atoms with van der Waals surface area (Å²) < 4.78 is 9.95. The fraction of sp³-hybridized carbons (Fsp3) is 0.111. The standard InChI is InChI=1S/C9H9N3O2/c1-13-9-12-11-8(14-9)6-4-2-3-5-7(6)10/h2-5H,10H2,1H3. The molecule has 0 atom stereocenters. The highest BCUT2D eigenvalue weighted by atomic mass is 16.6. The highest BCUT2D eigenvalue weighted by Gasteiger charge is 2.10. The van der Waals surface area contributed by atoms with E-state index in [1.165, 1.54) is 7.11 Å². The summed E-state index contributed by atoms with van der Waals surface area (Å²) >= 11 is 0. The van der Waals surface area contributed by atoms with Crippen LogP contribution in [0.3, 0.4) is 0 Å². The van der Waals surface area contributed by atoms with Crippen LogP contribution in [0, 0.1) is 0 Å². The molecule has 1 aromatic carbocycles. The predicted octanol–water partition coefficient (Wildman–Crippen LogP) is 1.33. The summed E-state index contributed by atoms with van der Waals surface area (Å²) in [6.07, 6.45) is 0.128. The first-order chi connectivity index (χ1) is 6.81. The predicted molar refractivity (Wildman–Crippen MR) is 50.7 cm³/mol. The van der Waals surface area contributed by atoms with Crippen molar-refractivity contribution >= 4 is 5.69 Å². The quantitative estimate of drug-likeness (QED) is 0.725. The molecule has 14 heavy (non-hydrogen) atoms. The number of nitrogens with zero attached hydrogens (tertiary/aromatic N) is 2. The first kappa shape index (κ1) is 8.55. The molecule has 0 bridgehead atoms. The second kappa shape index (κ2) is 3.37. The van der Waals surface area contributed by atoms with Crippen LogP contribution in [0.5, 0.6) is 6.08 Å². The van der Waals surface area contributed by atoms with Crippen LogP contribution >= 0.6 is 0 Å². The van der Waals surface area contributed by atoms with Gasteiger partial charge in [0.2, 0.25) is 0 Å². The molecule has 1 heterocycles. The fourth-order valence-corrected chi connectivity index (χ4v) is 1.09. The Hall–Kier alpha value is -2.04. The molecule has 5 nitrogen and oxygen atoms in total. The molecule has 0 aliphatic heterocycles. The Labute approximate surface area is 80.5 Å². The number of ether oxygens (including phenoxy) is 1. The molecule has 0 radical (unpaired) electrons. The maximum atomic E-state index is 5.73. The molecule has 2 N–H and O–H groups in total. The van der Waals surface area contributed by atoms with Crippen molar-refractivity contribution in [3.05, 3.63) is 24.3 Å². The fourth-order valence-electron chi connectivity index (χ4n) is 1.09. The van der Waals surface area contributed by atoms with Crippen LogP contribution < -0.4 is 10.5 Å². The van der Waals surface area contributed by atoms with Gasteiger partial charge in [-0.05, 0) is 12.1 Å². The molecular weight excluding hydrogens is 182 g/mol. The molecule has 0 saturated carbocycles. The van der Waals surface area contributed by atoms with E-state index in [1.54, 1.807) is 6.07 Å². The summed E-state index contributed by atoms with van der Waals surface area (Å²) in [5.41, 5.74) is 7.04. The molecule has 5 heteroatoms. The summed E-state index contributed by atoms with van der Waals surface area (Å²) in [4.78, 5) is 0. The number of nitrogen functional groups attached to an aromatic ring is 1. The normalized spacial score (nSPS) is 10.1. The lowest BCUT2D eigenvalue weighted by Crippen LogP contribution is -1.88. The summed E-state index contributed by atoms with van der Waals surface area (Å²) in [5.74, 6) is 0.361. The Morgan fingerprint density at radius 2 is 2.07 bits per heavy atom. The molecule has 0 saturated heterocycles. The number of methoxy groups -OCH3 is 1. The minimum absolute atomic E-state index is 0.128. The first-order valence-electron chi connectivity index (χ1n) is 4.03. The second-order valence-electron chi connectivity index (χ2n) is 2.66. The van der Waals surface area contributed by atoms with Crippen molar-refractivity contribution in [1.82, 2.24) is 10.2 Å². The maximum Gasteiger partial charge on any atom is 0.414 e. The van der Waals surface area contributed by atoms with E-state index in [0.29, 0.717) is 17.1 Å². The maximum absolute atomic E-state index is 5.73. The smallest absolute Gasteiger partial charge is 0.414 e. The Morgan fingerprint density at radius 1 is 1.29 bits per heavy atom. The lowest BCUT2D eigenvalue weighted by Gasteiger charge is -1.98.